The van der Waals surface area contributed by atoms with E-state index in [1.165, 1.54) is 12.1 Å². The number of nitrogens with zero attached hydrogens (tertiary/aromatic N) is 4. The molecule has 2 fully saturated rings. The van der Waals surface area contributed by atoms with Crippen LogP contribution in [0.3, 0.4) is 0 Å². The Labute approximate surface area is 223 Å². The number of piperazine rings is 1. The summed E-state index contributed by atoms with van der Waals surface area (Å²) in [5, 5.41) is 3.50. The molecule has 6 nitrogen and oxygen atoms in total. The second-order valence-electron chi connectivity index (χ2n) is 11.9. The fraction of sp³-hybridized carbons (Fsp3) is 0.586. The van der Waals surface area contributed by atoms with Gasteiger partial charge in [-0.15, -0.1) is 0 Å². The molecule has 1 N–H and O–H groups in total. The molecule has 0 saturated carbocycles. The van der Waals surface area contributed by atoms with Crippen LogP contribution in [-0.4, -0.2) is 84.5 Å². The number of pyridine rings is 1. The maximum absolute atomic E-state index is 13.8. The first-order valence-corrected chi connectivity index (χ1v) is 13.6. The van der Waals surface area contributed by atoms with Crippen LogP contribution in [0.15, 0.2) is 36.5 Å². The molecule has 2 aromatic rings. The van der Waals surface area contributed by atoms with E-state index in [1.807, 2.05) is 17.2 Å². The zero-order valence-corrected chi connectivity index (χ0v) is 22.5. The highest BCUT2D eigenvalue weighted by Gasteiger charge is 2.41. The van der Waals surface area contributed by atoms with E-state index in [0.29, 0.717) is 32.6 Å². The summed E-state index contributed by atoms with van der Waals surface area (Å²) in [7, 11) is 0. The van der Waals surface area contributed by atoms with Gasteiger partial charge in [-0.05, 0) is 42.7 Å². The normalized spacial score (nSPS) is 25.4. The molecule has 0 spiro atoms. The molecule has 0 radical (unpaired) electrons. The number of anilines is 1. The summed E-state index contributed by atoms with van der Waals surface area (Å²) < 4.78 is 40.7. The van der Waals surface area contributed by atoms with E-state index in [0.717, 1.165) is 35.6 Å². The van der Waals surface area contributed by atoms with Gasteiger partial charge in [-0.25, -0.2) is 13.2 Å². The molecule has 1 amide bonds. The molecule has 9 heteroatoms. The summed E-state index contributed by atoms with van der Waals surface area (Å²) in [6.45, 7) is 10.1. The van der Waals surface area contributed by atoms with Gasteiger partial charge in [-0.2, -0.15) is 0 Å². The number of halogens is 3. The third kappa shape index (κ3) is 6.05. The SMILES string of the molecule is C[C@@H]1CN(CC(=O)N2CC(C)(C)c3ncc(Cc4ccc(F)cc4)cc32)[C@@H](CN2CCC(F)(F)CC2)CN1. The van der Waals surface area contributed by atoms with Crippen molar-refractivity contribution in [3.05, 3.63) is 59.2 Å². The molecule has 1 aromatic heterocycles. The molecule has 4 heterocycles. The van der Waals surface area contributed by atoms with Crippen molar-refractivity contribution < 1.29 is 18.0 Å². The number of benzene rings is 1. The number of carbonyl (C=O) groups is 1. The monoisotopic (exact) mass is 529 g/mol. The van der Waals surface area contributed by atoms with Gasteiger partial charge in [-0.3, -0.25) is 14.7 Å². The summed E-state index contributed by atoms with van der Waals surface area (Å²) in [6, 6.07) is 8.82. The number of carbonyl (C=O) groups excluding carboxylic acids is 1. The van der Waals surface area contributed by atoms with Crippen LogP contribution in [0, 0.1) is 5.82 Å². The van der Waals surface area contributed by atoms with E-state index in [2.05, 4.69) is 35.9 Å². The van der Waals surface area contributed by atoms with Crippen LogP contribution in [0.5, 0.6) is 0 Å². The number of likely N-dealkylation sites (tertiary alicyclic amines) is 1. The lowest BCUT2D eigenvalue weighted by Gasteiger charge is -2.43. The highest BCUT2D eigenvalue weighted by atomic mass is 19.3. The molecule has 3 aliphatic rings. The molecule has 38 heavy (non-hydrogen) atoms. The number of nitrogens with one attached hydrogen (secondary N) is 1. The van der Waals surface area contributed by atoms with Crippen LogP contribution in [0.25, 0.3) is 0 Å². The van der Waals surface area contributed by atoms with E-state index in [-0.39, 0.29) is 48.6 Å². The van der Waals surface area contributed by atoms with E-state index in [9.17, 15) is 18.0 Å². The molecular weight excluding hydrogens is 491 g/mol. The van der Waals surface area contributed by atoms with Crippen molar-refractivity contribution in [3.63, 3.8) is 0 Å². The fourth-order valence-corrected chi connectivity index (χ4v) is 5.96. The molecule has 0 bridgehead atoms. The van der Waals surface area contributed by atoms with Gasteiger partial charge in [-0.1, -0.05) is 26.0 Å². The summed E-state index contributed by atoms with van der Waals surface area (Å²) in [4.78, 5) is 24.7. The van der Waals surface area contributed by atoms with Gasteiger partial charge in [0.2, 0.25) is 5.91 Å². The lowest BCUT2D eigenvalue weighted by Crippen LogP contribution is -2.61. The lowest BCUT2D eigenvalue weighted by atomic mass is 9.91. The van der Waals surface area contributed by atoms with Crippen molar-refractivity contribution in [2.75, 3.05) is 50.7 Å². The number of aromatic nitrogens is 1. The van der Waals surface area contributed by atoms with Gasteiger partial charge in [0.05, 0.1) is 17.9 Å². The average Bonchev–Trinajstić information content (AvgIpc) is 3.13. The number of rotatable bonds is 6. The van der Waals surface area contributed by atoms with Crippen molar-refractivity contribution >= 4 is 11.6 Å². The number of alkyl halides is 2. The van der Waals surface area contributed by atoms with Crippen LogP contribution in [0.2, 0.25) is 0 Å². The standard InChI is InChI=1S/C29H38F3N5O/c1-20-16-36(24(15-33-20)17-35-10-8-29(31,32)9-11-35)18-26(38)37-19-28(2,3)27-25(37)13-22(14-34-27)12-21-4-6-23(30)7-5-21/h4-7,13-14,20,24,33H,8-12,15-19H2,1-3H3/t20-,24-/m1/s1. The van der Waals surface area contributed by atoms with Crippen LogP contribution < -0.4 is 10.2 Å². The van der Waals surface area contributed by atoms with Crippen molar-refractivity contribution in [3.8, 4) is 0 Å². The van der Waals surface area contributed by atoms with Crippen LogP contribution >= 0.6 is 0 Å². The van der Waals surface area contributed by atoms with Gasteiger partial charge in [0, 0.05) is 75.8 Å². The molecule has 0 unspecified atom stereocenters. The number of piperidine rings is 1. The minimum atomic E-state index is -2.56. The van der Waals surface area contributed by atoms with Crippen LogP contribution in [0.4, 0.5) is 18.9 Å². The average molecular weight is 530 g/mol. The van der Waals surface area contributed by atoms with Crippen molar-refractivity contribution in [1.29, 1.82) is 0 Å². The van der Waals surface area contributed by atoms with Crippen LogP contribution in [-0.2, 0) is 16.6 Å². The molecule has 5 rings (SSSR count). The Balaban J connectivity index is 1.30. The molecule has 206 valence electrons. The third-order valence-electron chi connectivity index (χ3n) is 8.15. The summed E-state index contributed by atoms with van der Waals surface area (Å²) in [6.07, 6.45) is 2.26. The first kappa shape index (κ1) is 27.1. The second-order valence-corrected chi connectivity index (χ2v) is 11.9. The third-order valence-corrected chi connectivity index (χ3v) is 8.15. The Morgan fingerprint density at radius 3 is 2.55 bits per heavy atom. The van der Waals surface area contributed by atoms with E-state index >= 15 is 0 Å². The number of amides is 1. The Kier molecular flexibility index (Phi) is 7.55. The first-order chi connectivity index (χ1) is 18.0. The number of hydrogen-bond donors (Lipinski definition) is 1. The van der Waals surface area contributed by atoms with Crippen LogP contribution in [0.1, 0.15) is 50.4 Å². The topological polar surface area (TPSA) is 51.7 Å². The van der Waals surface area contributed by atoms with E-state index in [1.54, 1.807) is 12.1 Å². The predicted octanol–water partition coefficient (Wildman–Crippen LogP) is 3.83. The predicted molar refractivity (Wildman–Crippen MR) is 142 cm³/mol. The minimum absolute atomic E-state index is 0.0295. The maximum Gasteiger partial charge on any atom is 0.250 e. The molecular formula is C29H38F3N5O. The minimum Gasteiger partial charge on any atom is -0.311 e. The van der Waals surface area contributed by atoms with E-state index < -0.39 is 5.92 Å². The molecule has 1 aromatic carbocycles. The summed E-state index contributed by atoms with van der Waals surface area (Å²) >= 11 is 0. The van der Waals surface area contributed by atoms with Gasteiger partial charge >= 0.3 is 0 Å². The summed E-state index contributed by atoms with van der Waals surface area (Å²) in [5.74, 6) is -2.80. The maximum atomic E-state index is 13.8. The lowest BCUT2D eigenvalue weighted by molar-refractivity contribution is -0.121. The smallest absolute Gasteiger partial charge is 0.250 e. The highest BCUT2D eigenvalue weighted by molar-refractivity contribution is 5.97. The Bertz CT molecular complexity index is 1150. The molecule has 2 atom stereocenters. The van der Waals surface area contributed by atoms with Gasteiger partial charge < -0.3 is 15.1 Å². The van der Waals surface area contributed by atoms with E-state index in [4.69, 9.17) is 4.98 Å². The number of hydrogen-bond acceptors (Lipinski definition) is 5. The van der Waals surface area contributed by atoms with Crippen molar-refractivity contribution in [1.82, 2.24) is 20.1 Å². The fourth-order valence-electron chi connectivity index (χ4n) is 5.96. The zero-order chi connectivity index (χ0) is 27.1. The highest BCUT2D eigenvalue weighted by Crippen LogP contribution is 2.40. The Hall–Kier alpha value is -2.49. The number of fused-ring (bicyclic) bond motifs is 1. The van der Waals surface area contributed by atoms with Gasteiger partial charge in [0.15, 0.2) is 0 Å². The Morgan fingerprint density at radius 1 is 1.13 bits per heavy atom. The second kappa shape index (κ2) is 10.6. The zero-order valence-electron chi connectivity index (χ0n) is 22.5. The first-order valence-electron chi connectivity index (χ1n) is 13.6. The van der Waals surface area contributed by atoms with Gasteiger partial charge in [0.1, 0.15) is 5.82 Å². The Morgan fingerprint density at radius 2 is 1.84 bits per heavy atom. The molecule has 2 saturated heterocycles. The van der Waals surface area contributed by atoms with Gasteiger partial charge in [0.25, 0.3) is 5.92 Å². The quantitative estimate of drug-likeness (QED) is 0.617. The summed E-state index contributed by atoms with van der Waals surface area (Å²) in [5.41, 5.74) is 3.44. The molecule has 3 aliphatic heterocycles. The molecule has 0 aliphatic carbocycles. The van der Waals surface area contributed by atoms with Crippen molar-refractivity contribution in [2.24, 2.45) is 0 Å². The largest absolute Gasteiger partial charge is 0.311 e. The van der Waals surface area contributed by atoms with Crippen molar-refractivity contribution in [2.45, 2.75) is 63.5 Å².